The maximum Gasteiger partial charge on any atom is 0.261 e. The van der Waals surface area contributed by atoms with E-state index in [1.165, 1.54) is 23.1 Å². The molecule has 0 aliphatic heterocycles. The molecule has 150 valence electrons. The van der Waals surface area contributed by atoms with Gasteiger partial charge in [-0.3, -0.25) is 9.59 Å². The molecule has 1 atom stereocenters. The van der Waals surface area contributed by atoms with Crippen LogP contribution < -0.4 is 10.3 Å². The van der Waals surface area contributed by atoms with Crippen LogP contribution in [-0.2, 0) is 0 Å². The standard InChI is InChI=1S/C23H23FN2O3/c1-4-21(15-8-10-17(24)11-9-15)26(2)23(28)19-12-13-20(25-22(19)27)16-6-5-7-18(14-16)29-3/h5-14,21H,4H2,1-3H3,(H,25,27)/t21-/m0/s1. The maximum atomic E-state index is 13.2. The largest absolute Gasteiger partial charge is 0.497 e. The minimum absolute atomic E-state index is 0.0553. The van der Waals surface area contributed by atoms with E-state index < -0.39 is 5.56 Å². The number of carbonyl (C=O) groups excluding carboxylic acids is 1. The number of aromatic nitrogens is 1. The molecule has 0 saturated carbocycles. The zero-order valence-electron chi connectivity index (χ0n) is 16.6. The van der Waals surface area contributed by atoms with E-state index in [2.05, 4.69) is 4.98 Å². The molecular weight excluding hydrogens is 371 g/mol. The lowest BCUT2D eigenvalue weighted by Gasteiger charge is -2.27. The Bertz CT molecular complexity index is 1060. The molecule has 5 nitrogen and oxygen atoms in total. The predicted octanol–water partition coefficient (Wildman–Crippen LogP) is 4.41. The van der Waals surface area contributed by atoms with Crippen LogP contribution in [0.3, 0.4) is 0 Å². The fourth-order valence-electron chi connectivity index (χ4n) is 3.35. The van der Waals surface area contributed by atoms with Crippen LogP contribution >= 0.6 is 0 Å². The quantitative estimate of drug-likeness (QED) is 0.674. The number of ether oxygens (including phenoxy) is 1. The van der Waals surface area contributed by atoms with Gasteiger partial charge in [0.2, 0.25) is 0 Å². The van der Waals surface area contributed by atoms with Gasteiger partial charge in [0.25, 0.3) is 11.5 Å². The average Bonchev–Trinajstić information content (AvgIpc) is 2.75. The molecule has 0 saturated heterocycles. The summed E-state index contributed by atoms with van der Waals surface area (Å²) in [5.41, 5.74) is 1.79. The number of nitrogens with one attached hydrogen (secondary N) is 1. The highest BCUT2D eigenvalue weighted by molar-refractivity contribution is 5.94. The molecule has 0 fully saturated rings. The fourth-order valence-corrected chi connectivity index (χ4v) is 3.35. The molecule has 6 heteroatoms. The van der Waals surface area contributed by atoms with Gasteiger partial charge in [0, 0.05) is 18.3 Å². The van der Waals surface area contributed by atoms with Crippen LogP contribution in [0.2, 0.25) is 0 Å². The van der Waals surface area contributed by atoms with Crippen LogP contribution in [-0.4, -0.2) is 29.9 Å². The summed E-state index contributed by atoms with van der Waals surface area (Å²) in [5, 5.41) is 0. The van der Waals surface area contributed by atoms with Gasteiger partial charge in [0.15, 0.2) is 0 Å². The Hall–Kier alpha value is -3.41. The normalized spacial score (nSPS) is 11.7. The number of benzene rings is 2. The van der Waals surface area contributed by atoms with E-state index in [4.69, 9.17) is 4.74 Å². The highest BCUT2D eigenvalue weighted by Crippen LogP contribution is 2.25. The monoisotopic (exact) mass is 394 g/mol. The number of pyridine rings is 1. The molecule has 3 aromatic rings. The first kappa shape index (κ1) is 20.3. The van der Waals surface area contributed by atoms with Crippen molar-refractivity contribution in [1.82, 2.24) is 9.88 Å². The van der Waals surface area contributed by atoms with E-state index in [0.717, 1.165) is 11.1 Å². The zero-order valence-corrected chi connectivity index (χ0v) is 16.6. The number of halogens is 1. The van der Waals surface area contributed by atoms with Crippen LogP contribution in [0, 0.1) is 5.82 Å². The average molecular weight is 394 g/mol. The number of methoxy groups -OCH3 is 1. The molecule has 0 aliphatic rings. The van der Waals surface area contributed by atoms with E-state index in [9.17, 15) is 14.0 Å². The Morgan fingerprint density at radius 3 is 2.48 bits per heavy atom. The second-order valence-electron chi connectivity index (χ2n) is 6.74. The first-order chi connectivity index (χ1) is 13.9. The van der Waals surface area contributed by atoms with E-state index in [1.807, 2.05) is 25.1 Å². The van der Waals surface area contributed by atoms with E-state index in [0.29, 0.717) is 17.9 Å². The van der Waals surface area contributed by atoms with Crippen LogP contribution in [0.15, 0.2) is 65.5 Å². The van der Waals surface area contributed by atoms with Crippen molar-refractivity contribution in [3.8, 4) is 17.0 Å². The minimum atomic E-state index is -0.462. The van der Waals surface area contributed by atoms with Gasteiger partial charge >= 0.3 is 0 Å². The Balaban J connectivity index is 1.88. The molecule has 0 aliphatic carbocycles. The number of aromatic amines is 1. The molecule has 29 heavy (non-hydrogen) atoms. The highest BCUT2D eigenvalue weighted by Gasteiger charge is 2.23. The second kappa shape index (κ2) is 8.73. The number of hydrogen-bond acceptors (Lipinski definition) is 3. The van der Waals surface area contributed by atoms with Gasteiger partial charge < -0.3 is 14.6 Å². The topological polar surface area (TPSA) is 62.4 Å². The van der Waals surface area contributed by atoms with Gasteiger partial charge in [-0.05, 0) is 48.4 Å². The Kier molecular flexibility index (Phi) is 6.12. The molecule has 1 aromatic heterocycles. The minimum Gasteiger partial charge on any atom is -0.497 e. The maximum absolute atomic E-state index is 13.2. The Morgan fingerprint density at radius 2 is 1.86 bits per heavy atom. The summed E-state index contributed by atoms with van der Waals surface area (Å²) in [4.78, 5) is 29.9. The molecule has 0 unspecified atom stereocenters. The van der Waals surface area contributed by atoms with Gasteiger partial charge in [0.05, 0.1) is 13.2 Å². The van der Waals surface area contributed by atoms with Crippen LogP contribution in [0.5, 0.6) is 5.75 Å². The summed E-state index contributed by atoms with van der Waals surface area (Å²) in [6.07, 6.45) is 0.633. The Morgan fingerprint density at radius 1 is 1.14 bits per heavy atom. The van der Waals surface area contributed by atoms with Crippen molar-refractivity contribution in [2.75, 3.05) is 14.2 Å². The van der Waals surface area contributed by atoms with Crippen LogP contribution in [0.1, 0.15) is 35.3 Å². The predicted molar refractivity (Wildman–Crippen MR) is 111 cm³/mol. The summed E-state index contributed by atoms with van der Waals surface area (Å²) in [6.45, 7) is 1.94. The highest BCUT2D eigenvalue weighted by atomic mass is 19.1. The van der Waals surface area contributed by atoms with Crippen molar-refractivity contribution < 1.29 is 13.9 Å². The van der Waals surface area contributed by atoms with Crippen molar-refractivity contribution >= 4 is 5.91 Å². The summed E-state index contributed by atoms with van der Waals surface area (Å²) in [5.74, 6) is -0.0462. The number of rotatable bonds is 6. The SMILES string of the molecule is CC[C@@H](c1ccc(F)cc1)N(C)C(=O)c1ccc(-c2cccc(OC)c2)[nH]c1=O. The van der Waals surface area contributed by atoms with Crippen molar-refractivity contribution in [1.29, 1.82) is 0 Å². The second-order valence-corrected chi connectivity index (χ2v) is 6.74. The molecule has 1 N–H and O–H groups in total. The number of nitrogens with zero attached hydrogens (tertiary/aromatic N) is 1. The third kappa shape index (κ3) is 4.37. The van der Waals surface area contributed by atoms with Gasteiger partial charge in [0.1, 0.15) is 17.1 Å². The third-order valence-electron chi connectivity index (χ3n) is 4.95. The molecule has 0 bridgehead atoms. The molecule has 0 radical (unpaired) electrons. The lowest BCUT2D eigenvalue weighted by molar-refractivity contribution is 0.0724. The summed E-state index contributed by atoms with van der Waals surface area (Å²) < 4.78 is 18.4. The van der Waals surface area contributed by atoms with Gasteiger partial charge in [-0.15, -0.1) is 0 Å². The van der Waals surface area contributed by atoms with Crippen LogP contribution in [0.4, 0.5) is 4.39 Å². The van der Waals surface area contributed by atoms with E-state index in [-0.39, 0.29) is 23.3 Å². The number of carbonyl (C=O) groups is 1. The molecule has 3 rings (SSSR count). The first-order valence-electron chi connectivity index (χ1n) is 9.35. The van der Waals surface area contributed by atoms with Crippen LogP contribution in [0.25, 0.3) is 11.3 Å². The summed E-state index contributed by atoms with van der Waals surface area (Å²) in [7, 11) is 3.22. The van der Waals surface area contributed by atoms with E-state index in [1.54, 1.807) is 38.4 Å². The van der Waals surface area contributed by atoms with Gasteiger partial charge in [-0.2, -0.15) is 0 Å². The smallest absolute Gasteiger partial charge is 0.261 e. The summed E-state index contributed by atoms with van der Waals surface area (Å²) in [6, 6.07) is 16.3. The zero-order chi connectivity index (χ0) is 21.0. The third-order valence-corrected chi connectivity index (χ3v) is 4.95. The number of amides is 1. The number of hydrogen-bond donors (Lipinski definition) is 1. The van der Waals surface area contributed by atoms with Crippen molar-refractivity contribution in [2.45, 2.75) is 19.4 Å². The molecular formula is C23H23FN2O3. The van der Waals surface area contributed by atoms with Crippen molar-refractivity contribution in [3.05, 3.63) is 88.0 Å². The van der Waals surface area contributed by atoms with E-state index >= 15 is 0 Å². The Labute approximate surface area is 168 Å². The fraction of sp³-hybridized carbons (Fsp3) is 0.217. The molecule has 1 amide bonds. The summed E-state index contributed by atoms with van der Waals surface area (Å²) >= 11 is 0. The first-order valence-corrected chi connectivity index (χ1v) is 9.35. The molecule has 1 heterocycles. The lowest BCUT2D eigenvalue weighted by atomic mass is 10.0. The lowest BCUT2D eigenvalue weighted by Crippen LogP contribution is -2.34. The van der Waals surface area contributed by atoms with Crippen molar-refractivity contribution in [2.24, 2.45) is 0 Å². The molecule has 2 aromatic carbocycles. The van der Waals surface area contributed by atoms with Gasteiger partial charge in [-0.25, -0.2) is 4.39 Å². The number of H-pyrrole nitrogens is 1. The molecule has 0 spiro atoms. The van der Waals surface area contributed by atoms with Crippen molar-refractivity contribution in [3.63, 3.8) is 0 Å². The van der Waals surface area contributed by atoms with Gasteiger partial charge in [-0.1, -0.05) is 31.2 Å².